The Balaban J connectivity index is 1.09. The fourth-order valence-electron chi connectivity index (χ4n) is 11.2. The largest absolute Gasteiger partial charge is 0.456 e. The lowest BCUT2D eigenvalue weighted by Crippen LogP contribution is -2.50. The molecule has 12 aromatic rings. The maximum Gasteiger partial charge on any atom is 0.143 e. The van der Waals surface area contributed by atoms with Gasteiger partial charge in [0, 0.05) is 54.9 Å². The third-order valence-corrected chi connectivity index (χ3v) is 14.8. The van der Waals surface area contributed by atoms with Gasteiger partial charge in [0.1, 0.15) is 96.3 Å². The summed E-state index contributed by atoms with van der Waals surface area (Å²) in [6.45, 7) is 0. The van der Waals surface area contributed by atoms with Crippen molar-refractivity contribution in [3.8, 4) is 33.4 Å². The van der Waals surface area contributed by atoms with Crippen molar-refractivity contribution in [1.29, 1.82) is 0 Å². The van der Waals surface area contributed by atoms with E-state index in [-0.39, 0.29) is 0 Å². The Bertz CT molecular complexity index is 3760. The van der Waals surface area contributed by atoms with Gasteiger partial charge in [0.25, 0.3) is 0 Å². The molecule has 0 amide bonds. The molecule has 0 aliphatic rings. The van der Waals surface area contributed by atoms with Crippen LogP contribution in [-0.4, -0.2) is 62.8 Å². The highest BCUT2D eigenvalue weighted by Crippen LogP contribution is 2.40. The van der Waals surface area contributed by atoms with Crippen LogP contribution in [0.1, 0.15) is 0 Å². The molecule has 0 radical (unpaired) electrons. The Morgan fingerprint density at radius 3 is 1.17 bits per heavy atom. The van der Waals surface area contributed by atoms with Crippen LogP contribution in [0.15, 0.2) is 165 Å². The molecule has 12 heteroatoms. The van der Waals surface area contributed by atoms with Crippen molar-refractivity contribution >= 4 is 189 Å². The average Bonchev–Trinajstić information content (AvgIpc) is 4.05. The van der Waals surface area contributed by atoms with Gasteiger partial charge in [-0.3, -0.25) is 0 Å². The summed E-state index contributed by atoms with van der Waals surface area (Å²) in [6, 6.07) is 53.6. The van der Waals surface area contributed by atoms with Crippen molar-refractivity contribution in [1.82, 2.24) is 0 Å². The Labute approximate surface area is 390 Å². The number of para-hydroxylation sites is 4. The maximum atomic E-state index is 6.53. The first-order valence-corrected chi connectivity index (χ1v) is 22.9. The Morgan fingerprint density at radius 2 is 0.682 bits per heavy atom. The molecular weight excluding hydrogens is 797 g/mol. The van der Waals surface area contributed by atoms with E-state index in [2.05, 4.69) is 201 Å². The Kier molecular flexibility index (Phi) is 9.23. The van der Waals surface area contributed by atoms with E-state index >= 15 is 0 Å². The number of benzene rings is 9. The van der Waals surface area contributed by atoms with Crippen LogP contribution in [0.5, 0.6) is 0 Å². The third-order valence-electron chi connectivity index (χ3n) is 14.8. The molecule has 0 fully saturated rings. The lowest BCUT2D eigenvalue weighted by Gasteiger charge is -2.36. The van der Waals surface area contributed by atoms with Crippen LogP contribution in [0.25, 0.3) is 99.2 Å². The van der Waals surface area contributed by atoms with E-state index in [0.29, 0.717) is 0 Å². The predicted molar refractivity (Wildman–Crippen MR) is 305 cm³/mol. The second kappa shape index (κ2) is 15.1. The highest BCUT2D eigenvalue weighted by molar-refractivity contribution is 6.66. The fourth-order valence-corrected chi connectivity index (χ4v) is 11.2. The smallest absolute Gasteiger partial charge is 0.143 e. The van der Waals surface area contributed by atoms with Gasteiger partial charge < -0.3 is 18.2 Å². The van der Waals surface area contributed by atoms with Crippen LogP contribution in [0, 0.1) is 0 Å². The molecular formula is C54H41B8NO3. The van der Waals surface area contributed by atoms with E-state index < -0.39 is 0 Å². The number of anilines is 3. The van der Waals surface area contributed by atoms with E-state index in [1.54, 1.807) is 0 Å². The zero-order valence-corrected chi connectivity index (χ0v) is 38.6. The number of hydrogen-bond donors (Lipinski definition) is 0. The van der Waals surface area contributed by atoms with Crippen molar-refractivity contribution in [2.45, 2.75) is 0 Å². The molecule has 0 saturated carbocycles. The molecule has 3 aromatic heterocycles. The molecule has 12 rings (SSSR count). The Morgan fingerprint density at radius 1 is 0.303 bits per heavy atom. The molecule has 0 unspecified atom stereocenters. The zero-order chi connectivity index (χ0) is 45.1. The molecule has 0 aliphatic heterocycles. The lowest BCUT2D eigenvalue weighted by atomic mass is 9.62. The van der Waals surface area contributed by atoms with Gasteiger partial charge in [0.15, 0.2) is 0 Å². The van der Waals surface area contributed by atoms with Gasteiger partial charge in [-0.25, -0.2) is 0 Å². The van der Waals surface area contributed by atoms with E-state index in [1.165, 1.54) is 77.3 Å². The van der Waals surface area contributed by atoms with Crippen molar-refractivity contribution in [3.63, 3.8) is 0 Å². The normalized spacial score (nSPS) is 11.8. The number of nitrogens with zero attached hydrogens (tertiary/aromatic N) is 1. The van der Waals surface area contributed by atoms with Crippen LogP contribution >= 0.6 is 0 Å². The maximum absolute atomic E-state index is 6.53. The quantitative estimate of drug-likeness (QED) is 0.241. The van der Waals surface area contributed by atoms with Crippen LogP contribution in [-0.2, 0) is 0 Å². The van der Waals surface area contributed by atoms with Crippen LogP contribution in [0.4, 0.5) is 17.1 Å². The van der Waals surface area contributed by atoms with Crippen LogP contribution < -0.4 is 48.6 Å². The summed E-state index contributed by atoms with van der Waals surface area (Å²) in [6.07, 6.45) is 0. The summed E-state index contributed by atoms with van der Waals surface area (Å²) >= 11 is 0. The molecule has 66 heavy (non-hydrogen) atoms. The number of fused-ring (bicyclic) bond motifs is 9. The molecule has 9 aromatic carbocycles. The van der Waals surface area contributed by atoms with Gasteiger partial charge in [0.05, 0.1) is 0 Å². The van der Waals surface area contributed by atoms with Crippen molar-refractivity contribution in [3.05, 3.63) is 152 Å². The zero-order valence-electron chi connectivity index (χ0n) is 38.6. The second-order valence-corrected chi connectivity index (χ2v) is 18.2. The summed E-state index contributed by atoms with van der Waals surface area (Å²) in [5.74, 6) is 0. The summed E-state index contributed by atoms with van der Waals surface area (Å²) < 4.78 is 19.4. The minimum atomic E-state index is 0.900. The SMILES string of the molecule is Bc1c(B)c(N(c2ccc(-c3cccc4c3oc3ccccc34)cc2)c2c(B)c(B)c(-c3cccc4oc5ccccc5c34)c(B)c2B)c(B)c(B)c1-c1cccc2oc3ccccc3c12. The van der Waals surface area contributed by atoms with Crippen LogP contribution in [0.3, 0.4) is 0 Å². The van der Waals surface area contributed by atoms with Gasteiger partial charge in [-0.1, -0.05) is 153 Å². The summed E-state index contributed by atoms with van der Waals surface area (Å²) in [7, 11) is 18.4. The molecule has 0 aliphatic carbocycles. The first kappa shape index (κ1) is 40.2. The molecule has 0 atom stereocenters. The average molecular weight is 838 g/mol. The molecule has 0 N–H and O–H groups in total. The molecule has 304 valence electrons. The van der Waals surface area contributed by atoms with E-state index in [0.717, 1.165) is 82.6 Å². The fraction of sp³-hybridized carbons (Fsp3) is 0. The predicted octanol–water partition coefficient (Wildman–Crippen LogP) is 1.92. The number of furan rings is 3. The van der Waals surface area contributed by atoms with Crippen LogP contribution in [0.2, 0.25) is 0 Å². The summed E-state index contributed by atoms with van der Waals surface area (Å²) in [4.78, 5) is 2.55. The molecule has 0 bridgehead atoms. The lowest BCUT2D eigenvalue weighted by molar-refractivity contribution is 0.668. The van der Waals surface area contributed by atoms with Gasteiger partial charge in [-0.15, -0.1) is 0 Å². The molecule has 4 nitrogen and oxygen atoms in total. The highest BCUT2D eigenvalue weighted by atomic mass is 16.3. The van der Waals surface area contributed by atoms with E-state index in [1.807, 2.05) is 18.2 Å². The van der Waals surface area contributed by atoms with Gasteiger partial charge >= 0.3 is 0 Å². The van der Waals surface area contributed by atoms with E-state index in [9.17, 15) is 0 Å². The third kappa shape index (κ3) is 5.83. The molecule has 0 spiro atoms. The minimum absolute atomic E-state index is 0.900. The first-order chi connectivity index (χ1) is 32.1. The standard InChI is InChI=1S/C54H41B8NO3/c55-44-42(33-15-8-20-38-40(33)31-11-2-5-18-36(31)64-38)45(56)49(60)52(48(44)59)63(27-24-22-26(23-25-27)28-13-7-14-30-29-10-1-4-17-35(29)66-54(28)30)53-50(61)46(57)43(47(58)51(53)62)34-16-9-21-39-41(34)32-12-3-6-19-37(32)65-39/h1-25H,55-62H2. The highest BCUT2D eigenvalue weighted by Gasteiger charge is 2.28. The first-order valence-electron chi connectivity index (χ1n) is 22.9. The van der Waals surface area contributed by atoms with Gasteiger partial charge in [-0.05, 0) is 70.3 Å². The molecule has 0 saturated heterocycles. The monoisotopic (exact) mass is 839 g/mol. The number of hydrogen-bond acceptors (Lipinski definition) is 4. The Hall–Kier alpha value is -7.30. The van der Waals surface area contributed by atoms with Crippen molar-refractivity contribution in [2.75, 3.05) is 4.90 Å². The molecule has 3 heterocycles. The second-order valence-electron chi connectivity index (χ2n) is 18.2. The number of rotatable bonds is 6. The van der Waals surface area contributed by atoms with E-state index in [4.69, 9.17) is 13.3 Å². The topological polar surface area (TPSA) is 42.7 Å². The summed E-state index contributed by atoms with van der Waals surface area (Å²) in [5, 5.41) is 6.85. The van der Waals surface area contributed by atoms with Crippen molar-refractivity contribution in [2.24, 2.45) is 0 Å². The van der Waals surface area contributed by atoms with Gasteiger partial charge in [0.2, 0.25) is 0 Å². The minimum Gasteiger partial charge on any atom is -0.456 e. The van der Waals surface area contributed by atoms with Crippen molar-refractivity contribution < 1.29 is 13.3 Å². The van der Waals surface area contributed by atoms with Gasteiger partial charge in [-0.2, -0.15) is 0 Å². The summed E-state index contributed by atoms with van der Waals surface area (Å²) in [5.41, 5.74) is 26.0.